The lowest BCUT2D eigenvalue weighted by Gasteiger charge is -2.15. The lowest BCUT2D eigenvalue weighted by molar-refractivity contribution is -0.118. The van der Waals surface area contributed by atoms with Crippen molar-refractivity contribution in [2.75, 3.05) is 17.2 Å². The molecular weight excluding hydrogens is 304 g/mol. The number of rotatable bonds is 6. The van der Waals surface area contributed by atoms with Crippen LogP contribution in [0.3, 0.4) is 0 Å². The van der Waals surface area contributed by atoms with E-state index in [-0.39, 0.29) is 18.4 Å². The number of amides is 2. The topological polar surface area (TPSA) is 67.4 Å². The Morgan fingerprint density at radius 1 is 0.958 bits per heavy atom. The van der Waals surface area contributed by atoms with E-state index in [0.717, 1.165) is 11.3 Å². The average Bonchev–Trinajstić information content (AvgIpc) is 2.54. The Hall–Kier alpha value is -2.82. The highest BCUT2D eigenvalue weighted by Crippen LogP contribution is 2.25. The molecule has 0 bridgehead atoms. The fourth-order valence-electron chi connectivity index (χ4n) is 2.33. The van der Waals surface area contributed by atoms with Gasteiger partial charge >= 0.3 is 0 Å². The van der Waals surface area contributed by atoms with E-state index in [2.05, 4.69) is 24.5 Å². The molecule has 0 aliphatic heterocycles. The van der Waals surface area contributed by atoms with Crippen LogP contribution in [-0.2, 0) is 9.59 Å². The first-order valence-electron chi connectivity index (χ1n) is 7.85. The highest BCUT2D eigenvalue weighted by Gasteiger charge is 2.11. The number of hydrogen-bond acceptors (Lipinski definition) is 3. The van der Waals surface area contributed by atoms with Gasteiger partial charge in [-0.3, -0.25) is 9.59 Å². The van der Waals surface area contributed by atoms with E-state index in [4.69, 9.17) is 4.74 Å². The SMILES string of the molecule is CC(=O)Nc1ccccc1OCC(=O)Nc1ccccc1C(C)C. The minimum Gasteiger partial charge on any atom is -0.482 e. The van der Waals surface area contributed by atoms with E-state index in [0.29, 0.717) is 17.4 Å². The van der Waals surface area contributed by atoms with Crippen LogP contribution in [0.4, 0.5) is 11.4 Å². The molecule has 0 atom stereocenters. The molecule has 126 valence electrons. The van der Waals surface area contributed by atoms with Crippen molar-refractivity contribution in [2.24, 2.45) is 0 Å². The van der Waals surface area contributed by atoms with E-state index < -0.39 is 0 Å². The molecule has 0 radical (unpaired) electrons. The van der Waals surface area contributed by atoms with Crippen LogP contribution in [0.5, 0.6) is 5.75 Å². The summed E-state index contributed by atoms with van der Waals surface area (Å²) in [6, 6.07) is 14.7. The van der Waals surface area contributed by atoms with Crippen molar-refractivity contribution in [3.8, 4) is 5.75 Å². The number of hydrogen-bond donors (Lipinski definition) is 2. The second-order valence-electron chi connectivity index (χ2n) is 5.76. The van der Waals surface area contributed by atoms with E-state index >= 15 is 0 Å². The largest absolute Gasteiger partial charge is 0.482 e. The van der Waals surface area contributed by atoms with Crippen LogP contribution >= 0.6 is 0 Å². The predicted octanol–water partition coefficient (Wildman–Crippen LogP) is 3.79. The molecule has 0 aliphatic carbocycles. The summed E-state index contributed by atoms with van der Waals surface area (Å²) < 4.78 is 5.55. The lowest BCUT2D eigenvalue weighted by atomic mass is 10.0. The molecule has 2 aromatic carbocycles. The quantitative estimate of drug-likeness (QED) is 0.849. The molecule has 0 fully saturated rings. The zero-order valence-corrected chi connectivity index (χ0v) is 14.1. The molecule has 2 rings (SSSR count). The first-order chi connectivity index (χ1) is 11.5. The zero-order valence-electron chi connectivity index (χ0n) is 14.1. The minimum atomic E-state index is -0.249. The average molecular weight is 326 g/mol. The van der Waals surface area contributed by atoms with Crippen LogP contribution in [-0.4, -0.2) is 18.4 Å². The molecule has 2 aromatic rings. The van der Waals surface area contributed by atoms with Gasteiger partial charge in [-0.15, -0.1) is 0 Å². The molecule has 0 saturated heterocycles. The van der Waals surface area contributed by atoms with Crippen molar-refractivity contribution in [1.29, 1.82) is 0 Å². The predicted molar refractivity (Wildman–Crippen MR) is 95.4 cm³/mol. The first kappa shape index (κ1) is 17.5. The summed E-state index contributed by atoms with van der Waals surface area (Å²) in [4.78, 5) is 23.4. The van der Waals surface area contributed by atoms with Crippen LogP contribution in [0.2, 0.25) is 0 Å². The maximum Gasteiger partial charge on any atom is 0.262 e. The number of benzene rings is 2. The molecule has 2 amide bonds. The van der Waals surface area contributed by atoms with Crippen molar-refractivity contribution in [1.82, 2.24) is 0 Å². The molecule has 5 nitrogen and oxygen atoms in total. The Kier molecular flexibility index (Phi) is 5.95. The Morgan fingerprint density at radius 3 is 2.25 bits per heavy atom. The van der Waals surface area contributed by atoms with Crippen molar-refractivity contribution >= 4 is 23.2 Å². The van der Waals surface area contributed by atoms with Gasteiger partial charge in [0.2, 0.25) is 5.91 Å². The number of carbonyl (C=O) groups is 2. The molecule has 0 spiro atoms. The maximum absolute atomic E-state index is 12.2. The Labute approximate surface area is 142 Å². The molecule has 2 N–H and O–H groups in total. The van der Waals surface area contributed by atoms with E-state index in [9.17, 15) is 9.59 Å². The van der Waals surface area contributed by atoms with Gasteiger partial charge in [-0.2, -0.15) is 0 Å². The third-order valence-corrected chi connectivity index (χ3v) is 3.41. The number of ether oxygens (including phenoxy) is 1. The van der Waals surface area contributed by atoms with Gasteiger partial charge in [-0.1, -0.05) is 44.2 Å². The zero-order chi connectivity index (χ0) is 17.5. The monoisotopic (exact) mass is 326 g/mol. The van der Waals surface area contributed by atoms with Crippen LogP contribution < -0.4 is 15.4 Å². The van der Waals surface area contributed by atoms with Gasteiger partial charge in [0.25, 0.3) is 5.91 Å². The summed E-state index contributed by atoms with van der Waals surface area (Å²) in [5.74, 6) is 0.324. The summed E-state index contributed by atoms with van der Waals surface area (Å²) >= 11 is 0. The van der Waals surface area contributed by atoms with Crippen LogP contribution in [0.1, 0.15) is 32.3 Å². The van der Waals surface area contributed by atoms with E-state index in [1.54, 1.807) is 24.3 Å². The van der Waals surface area contributed by atoms with Gasteiger partial charge in [-0.05, 0) is 29.7 Å². The Bertz CT molecular complexity index is 726. The summed E-state index contributed by atoms with van der Waals surface area (Å²) in [5.41, 5.74) is 2.40. The highest BCUT2D eigenvalue weighted by atomic mass is 16.5. The maximum atomic E-state index is 12.2. The fourth-order valence-corrected chi connectivity index (χ4v) is 2.33. The second-order valence-corrected chi connectivity index (χ2v) is 5.76. The first-order valence-corrected chi connectivity index (χ1v) is 7.85. The Balaban J connectivity index is 2.01. The van der Waals surface area contributed by atoms with Gasteiger partial charge in [0, 0.05) is 12.6 Å². The standard InChI is InChI=1S/C19H22N2O3/c1-13(2)15-8-4-5-9-16(15)21-19(23)12-24-18-11-7-6-10-17(18)20-14(3)22/h4-11,13H,12H2,1-3H3,(H,20,22)(H,21,23). The van der Waals surface area contributed by atoms with Crippen molar-refractivity contribution < 1.29 is 14.3 Å². The smallest absolute Gasteiger partial charge is 0.262 e. The van der Waals surface area contributed by atoms with E-state index in [1.807, 2.05) is 24.3 Å². The van der Waals surface area contributed by atoms with Gasteiger partial charge < -0.3 is 15.4 Å². The number of nitrogens with one attached hydrogen (secondary N) is 2. The number of anilines is 2. The van der Waals surface area contributed by atoms with Crippen molar-refractivity contribution in [3.05, 3.63) is 54.1 Å². The molecule has 24 heavy (non-hydrogen) atoms. The number of carbonyl (C=O) groups excluding carboxylic acids is 2. The third-order valence-electron chi connectivity index (χ3n) is 3.41. The highest BCUT2D eigenvalue weighted by molar-refractivity contribution is 5.93. The van der Waals surface area contributed by atoms with Gasteiger partial charge in [0.15, 0.2) is 6.61 Å². The summed E-state index contributed by atoms with van der Waals surface area (Å²) in [6.45, 7) is 5.44. The molecule has 0 aliphatic rings. The van der Waals surface area contributed by atoms with Gasteiger partial charge in [0.05, 0.1) is 5.69 Å². The van der Waals surface area contributed by atoms with Gasteiger partial charge in [0.1, 0.15) is 5.75 Å². The molecular formula is C19H22N2O3. The summed E-state index contributed by atoms with van der Waals surface area (Å²) in [6.07, 6.45) is 0. The van der Waals surface area contributed by atoms with E-state index in [1.165, 1.54) is 6.92 Å². The van der Waals surface area contributed by atoms with Crippen molar-refractivity contribution in [2.45, 2.75) is 26.7 Å². The minimum absolute atomic E-state index is 0.136. The molecule has 0 aromatic heterocycles. The second kappa shape index (κ2) is 8.15. The number of para-hydroxylation sites is 3. The van der Waals surface area contributed by atoms with Crippen LogP contribution in [0, 0.1) is 0 Å². The lowest BCUT2D eigenvalue weighted by Crippen LogP contribution is -2.21. The molecule has 0 saturated carbocycles. The fraction of sp³-hybridized carbons (Fsp3) is 0.263. The normalized spacial score (nSPS) is 10.3. The van der Waals surface area contributed by atoms with Crippen LogP contribution in [0.25, 0.3) is 0 Å². The van der Waals surface area contributed by atoms with Crippen molar-refractivity contribution in [3.63, 3.8) is 0 Å². The van der Waals surface area contributed by atoms with Crippen LogP contribution in [0.15, 0.2) is 48.5 Å². The summed E-state index contributed by atoms with van der Waals surface area (Å²) in [7, 11) is 0. The van der Waals surface area contributed by atoms with Gasteiger partial charge in [-0.25, -0.2) is 0 Å². The molecule has 5 heteroatoms. The summed E-state index contributed by atoms with van der Waals surface area (Å²) in [5, 5.41) is 5.55. The Morgan fingerprint density at radius 2 is 1.58 bits per heavy atom. The molecule has 0 heterocycles. The third kappa shape index (κ3) is 4.84. The molecule has 0 unspecified atom stereocenters.